The van der Waals surface area contributed by atoms with Gasteiger partial charge in [-0.05, 0) is 60.4 Å². The molecule has 1 aliphatic carbocycles. The summed E-state index contributed by atoms with van der Waals surface area (Å²) in [5.74, 6) is 0.431. The summed E-state index contributed by atoms with van der Waals surface area (Å²) >= 11 is 0. The van der Waals surface area contributed by atoms with Gasteiger partial charge >= 0.3 is 0 Å². The van der Waals surface area contributed by atoms with Crippen LogP contribution in [-0.4, -0.2) is 0 Å². The van der Waals surface area contributed by atoms with Gasteiger partial charge in [0.1, 0.15) is 0 Å². The summed E-state index contributed by atoms with van der Waals surface area (Å²) in [6, 6.07) is 38.9. The Morgan fingerprint density at radius 2 is 1.19 bits per heavy atom. The first-order chi connectivity index (χ1) is 15.8. The fourth-order valence-corrected chi connectivity index (χ4v) is 4.30. The Morgan fingerprint density at radius 3 is 1.78 bits per heavy atom. The van der Waals surface area contributed by atoms with Gasteiger partial charge in [0.2, 0.25) is 0 Å². The van der Waals surface area contributed by atoms with Crippen LogP contribution < -0.4 is 4.90 Å². The van der Waals surface area contributed by atoms with Crippen LogP contribution >= 0.6 is 0 Å². The molecule has 1 atom stereocenters. The number of rotatable bonds is 5. The zero-order valence-electron chi connectivity index (χ0n) is 18.4. The summed E-state index contributed by atoms with van der Waals surface area (Å²) in [6.07, 6.45) is 7.97. The quantitative estimate of drug-likeness (QED) is 0.317. The Bertz CT molecular complexity index is 1220. The van der Waals surface area contributed by atoms with E-state index >= 15 is 0 Å². The van der Waals surface area contributed by atoms with Crippen molar-refractivity contribution in [1.82, 2.24) is 0 Å². The van der Waals surface area contributed by atoms with Crippen molar-refractivity contribution in [3.8, 4) is 11.1 Å². The van der Waals surface area contributed by atoms with E-state index in [1.54, 1.807) is 0 Å². The topological polar surface area (TPSA) is 3.24 Å². The minimum atomic E-state index is 0.431. The monoisotopic (exact) mass is 413 g/mol. The highest BCUT2D eigenvalue weighted by Crippen LogP contribution is 2.36. The molecule has 0 saturated carbocycles. The normalized spacial score (nSPS) is 15.3. The third kappa shape index (κ3) is 4.29. The van der Waals surface area contributed by atoms with Gasteiger partial charge in [0.05, 0.1) is 0 Å². The average molecular weight is 414 g/mol. The van der Waals surface area contributed by atoms with Crippen LogP contribution in [0.2, 0.25) is 0 Å². The zero-order valence-corrected chi connectivity index (χ0v) is 18.4. The second-order valence-corrected chi connectivity index (χ2v) is 8.32. The molecule has 0 aliphatic heterocycles. The van der Waals surface area contributed by atoms with E-state index in [4.69, 9.17) is 0 Å². The molecule has 0 saturated heterocycles. The number of benzene rings is 4. The van der Waals surface area contributed by atoms with Crippen molar-refractivity contribution in [3.05, 3.63) is 144 Å². The molecule has 0 heterocycles. The minimum absolute atomic E-state index is 0.431. The molecular weight excluding hydrogens is 386 g/mol. The molecule has 1 heteroatoms. The predicted octanol–water partition coefficient (Wildman–Crippen LogP) is 8.43. The van der Waals surface area contributed by atoms with E-state index in [-0.39, 0.29) is 0 Å². The molecule has 0 aromatic heterocycles. The van der Waals surface area contributed by atoms with Gasteiger partial charge in [-0.15, -0.1) is 0 Å². The second kappa shape index (κ2) is 9.11. The highest BCUT2D eigenvalue weighted by Gasteiger charge is 2.18. The number of hydrogen-bond acceptors (Lipinski definition) is 1. The lowest BCUT2D eigenvalue weighted by Gasteiger charge is -2.29. The van der Waals surface area contributed by atoms with Crippen LogP contribution in [0.3, 0.4) is 0 Å². The molecule has 4 aromatic rings. The van der Waals surface area contributed by atoms with Crippen molar-refractivity contribution in [2.75, 3.05) is 4.90 Å². The molecular formula is C31H27N. The Balaban J connectivity index is 1.47. The van der Waals surface area contributed by atoms with Crippen molar-refractivity contribution in [1.29, 1.82) is 0 Å². The fraction of sp³-hybridized carbons (Fsp3) is 0.0968. The van der Waals surface area contributed by atoms with Gasteiger partial charge < -0.3 is 4.90 Å². The third-order valence-corrected chi connectivity index (χ3v) is 6.09. The predicted molar refractivity (Wildman–Crippen MR) is 136 cm³/mol. The molecule has 5 rings (SSSR count). The summed E-state index contributed by atoms with van der Waals surface area (Å²) in [5.41, 5.74) is 8.67. The Morgan fingerprint density at radius 1 is 0.625 bits per heavy atom. The Hall–Kier alpha value is -3.84. The van der Waals surface area contributed by atoms with E-state index in [2.05, 4.69) is 139 Å². The number of hydrogen-bond donors (Lipinski definition) is 0. The van der Waals surface area contributed by atoms with Crippen LogP contribution in [0.1, 0.15) is 23.5 Å². The molecule has 0 N–H and O–H groups in total. The minimum Gasteiger partial charge on any atom is -0.311 e. The molecule has 0 fully saturated rings. The van der Waals surface area contributed by atoms with Crippen LogP contribution in [0.25, 0.3) is 11.1 Å². The smallest absolute Gasteiger partial charge is 0.0461 e. The molecule has 0 bridgehead atoms. The first-order valence-electron chi connectivity index (χ1n) is 11.2. The van der Waals surface area contributed by atoms with Crippen molar-refractivity contribution in [2.45, 2.75) is 19.3 Å². The van der Waals surface area contributed by atoms with E-state index < -0.39 is 0 Å². The largest absolute Gasteiger partial charge is 0.311 e. The van der Waals surface area contributed by atoms with E-state index in [9.17, 15) is 0 Å². The first kappa shape index (κ1) is 20.1. The third-order valence-electron chi connectivity index (χ3n) is 6.09. The van der Waals surface area contributed by atoms with Gasteiger partial charge in [0.15, 0.2) is 0 Å². The van der Waals surface area contributed by atoms with Crippen LogP contribution in [0.4, 0.5) is 11.4 Å². The molecule has 4 aromatic carbocycles. The summed E-state index contributed by atoms with van der Waals surface area (Å²) in [7, 11) is 0. The van der Waals surface area contributed by atoms with Gasteiger partial charge in [0.25, 0.3) is 0 Å². The number of nitrogens with zero attached hydrogens (tertiary/aromatic N) is 1. The zero-order chi connectivity index (χ0) is 21.8. The Kier molecular flexibility index (Phi) is 5.72. The van der Waals surface area contributed by atoms with Crippen LogP contribution in [0, 0.1) is 6.92 Å². The molecule has 32 heavy (non-hydrogen) atoms. The second-order valence-electron chi connectivity index (χ2n) is 8.32. The molecule has 0 radical (unpaired) electrons. The van der Waals surface area contributed by atoms with E-state index in [0.29, 0.717) is 5.92 Å². The van der Waals surface area contributed by atoms with Gasteiger partial charge in [-0.2, -0.15) is 0 Å². The summed E-state index contributed by atoms with van der Waals surface area (Å²) in [6.45, 7) is 2.13. The molecule has 1 aliphatic rings. The average Bonchev–Trinajstić information content (AvgIpc) is 2.87. The van der Waals surface area contributed by atoms with E-state index in [0.717, 1.165) is 6.42 Å². The summed E-state index contributed by atoms with van der Waals surface area (Å²) < 4.78 is 0. The molecule has 1 nitrogen and oxygen atoms in total. The van der Waals surface area contributed by atoms with Gasteiger partial charge in [-0.1, -0.05) is 103 Å². The van der Waals surface area contributed by atoms with Crippen molar-refractivity contribution in [2.24, 2.45) is 0 Å². The number of allylic oxidation sites excluding steroid dienone is 3. The lowest BCUT2D eigenvalue weighted by Crippen LogP contribution is -2.17. The number of anilines is 2. The SMILES string of the molecule is Cc1ccc(N(C2=CCC(c3ccccc3)C=C2)c2ccc(-c3ccccc3)cc2)cc1. The van der Waals surface area contributed by atoms with Gasteiger partial charge in [0, 0.05) is 23.0 Å². The highest BCUT2D eigenvalue weighted by atomic mass is 15.1. The van der Waals surface area contributed by atoms with Crippen molar-refractivity contribution >= 4 is 11.4 Å². The number of aryl methyl sites for hydroxylation is 1. The highest BCUT2D eigenvalue weighted by molar-refractivity contribution is 5.74. The maximum atomic E-state index is 2.36. The van der Waals surface area contributed by atoms with Gasteiger partial charge in [-0.25, -0.2) is 0 Å². The van der Waals surface area contributed by atoms with E-state index in [1.807, 2.05) is 0 Å². The summed E-state index contributed by atoms with van der Waals surface area (Å²) in [4.78, 5) is 2.35. The molecule has 0 spiro atoms. The standard InChI is InChI=1S/C31H27N/c1-24-12-18-29(19-13-24)32(30-20-14-27(15-21-30)25-8-4-2-5-9-25)31-22-16-28(17-23-31)26-10-6-3-7-11-26/h2-16,18-23,28H,17H2,1H3. The lowest BCUT2D eigenvalue weighted by molar-refractivity contribution is 0.840. The van der Waals surface area contributed by atoms with Gasteiger partial charge in [-0.3, -0.25) is 0 Å². The maximum absolute atomic E-state index is 2.36. The molecule has 156 valence electrons. The Labute approximate surface area is 191 Å². The van der Waals surface area contributed by atoms with Crippen LogP contribution in [-0.2, 0) is 0 Å². The lowest BCUT2D eigenvalue weighted by atomic mass is 9.91. The maximum Gasteiger partial charge on any atom is 0.0461 e. The first-order valence-corrected chi connectivity index (χ1v) is 11.2. The van der Waals surface area contributed by atoms with Crippen LogP contribution in [0.15, 0.2) is 133 Å². The van der Waals surface area contributed by atoms with E-state index in [1.165, 1.54) is 39.3 Å². The van der Waals surface area contributed by atoms with Crippen molar-refractivity contribution < 1.29 is 0 Å². The van der Waals surface area contributed by atoms with Crippen LogP contribution in [0.5, 0.6) is 0 Å². The molecule has 1 unspecified atom stereocenters. The fourth-order valence-electron chi connectivity index (χ4n) is 4.30. The summed E-state index contributed by atoms with van der Waals surface area (Å²) in [5, 5.41) is 0. The molecule has 0 amide bonds. The van der Waals surface area contributed by atoms with Crippen molar-refractivity contribution in [3.63, 3.8) is 0 Å².